The molecule has 2 aliphatic rings. The number of hydrogen-bond donors (Lipinski definition) is 1. The number of alkyl halides is 1. The molecule has 1 aromatic carbocycles. The Labute approximate surface area is 181 Å². The van der Waals surface area contributed by atoms with Crippen molar-refractivity contribution in [1.29, 1.82) is 0 Å². The Morgan fingerprint density at radius 1 is 1.29 bits per heavy atom. The summed E-state index contributed by atoms with van der Waals surface area (Å²) in [6, 6.07) is 4.67. The maximum Gasteiger partial charge on any atom is 0.350 e. The Hall–Kier alpha value is -2.92. The molecule has 2 aromatic heterocycles. The molecule has 0 amide bonds. The summed E-state index contributed by atoms with van der Waals surface area (Å²) in [6.07, 6.45) is 1.33. The number of phenolic OH excluding ortho intramolecular Hbond substituents is 1. The van der Waals surface area contributed by atoms with E-state index < -0.39 is 11.9 Å². The lowest BCUT2D eigenvalue weighted by Gasteiger charge is -2.36. The first-order valence-corrected chi connectivity index (χ1v) is 10.8. The standard InChI is InChI=1S/C20H22FN7O2S/c1-26-8-11-6-13(26)15(21)16(11)28(3)20-25-24-18(31-20)12-5-4-10(7-14(12)29)17-22-9-27(2)19(30)23-17/h4-5,7,9,11,13,15-16,29H,6,8H2,1-3H3/t11?,13?,15-,16+/m0/s1. The number of fused-ring (bicyclic) bond motifs is 2. The van der Waals surface area contributed by atoms with E-state index in [1.165, 1.54) is 28.3 Å². The van der Waals surface area contributed by atoms with Crippen LogP contribution in [-0.2, 0) is 7.05 Å². The van der Waals surface area contributed by atoms with Gasteiger partial charge in [-0.1, -0.05) is 17.4 Å². The van der Waals surface area contributed by atoms with Crippen LogP contribution in [0.1, 0.15) is 6.42 Å². The zero-order chi connectivity index (χ0) is 21.9. The number of hydrogen-bond acceptors (Lipinski definition) is 9. The van der Waals surface area contributed by atoms with E-state index in [1.54, 1.807) is 19.2 Å². The molecular weight excluding hydrogens is 421 g/mol. The molecule has 2 bridgehead atoms. The first-order valence-electron chi connectivity index (χ1n) is 9.97. The summed E-state index contributed by atoms with van der Waals surface area (Å²) in [5.74, 6) is 0.489. The van der Waals surface area contributed by atoms with E-state index in [9.17, 15) is 14.3 Å². The third-order valence-corrected chi connectivity index (χ3v) is 7.36. The lowest BCUT2D eigenvalue weighted by molar-refractivity contribution is 0.126. The minimum Gasteiger partial charge on any atom is -0.507 e. The molecule has 1 saturated heterocycles. The lowest BCUT2D eigenvalue weighted by atomic mass is 10.0. The van der Waals surface area contributed by atoms with E-state index in [4.69, 9.17) is 0 Å². The van der Waals surface area contributed by atoms with Crippen LogP contribution in [0.15, 0.2) is 29.3 Å². The zero-order valence-electron chi connectivity index (χ0n) is 17.3. The summed E-state index contributed by atoms with van der Waals surface area (Å²) >= 11 is 1.31. The number of aryl methyl sites for hydroxylation is 1. The number of piperidine rings is 1. The van der Waals surface area contributed by atoms with Crippen molar-refractivity contribution in [3.05, 3.63) is 35.0 Å². The van der Waals surface area contributed by atoms with Crippen LogP contribution in [0.5, 0.6) is 5.75 Å². The SMILES string of the molecule is CN1CC2CC1[C@H](F)[C@@H]2N(C)c1nnc(-c2ccc(-c3ncn(C)c(=O)n3)cc2O)s1. The Bertz CT molecular complexity index is 1200. The number of halogens is 1. The number of phenols is 1. The van der Waals surface area contributed by atoms with Crippen LogP contribution in [0, 0.1) is 5.92 Å². The number of anilines is 1. The van der Waals surface area contributed by atoms with E-state index in [2.05, 4.69) is 25.1 Å². The lowest BCUT2D eigenvalue weighted by Crippen LogP contribution is -2.51. The molecule has 11 heteroatoms. The Morgan fingerprint density at radius 3 is 2.77 bits per heavy atom. The Morgan fingerprint density at radius 2 is 2.10 bits per heavy atom. The number of aromatic hydroxyl groups is 1. The van der Waals surface area contributed by atoms with Crippen LogP contribution in [-0.4, -0.2) is 73.6 Å². The zero-order valence-corrected chi connectivity index (χ0v) is 18.1. The maximum absolute atomic E-state index is 14.9. The monoisotopic (exact) mass is 443 g/mol. The highest BCUT2D eigenvalue weighted by molar-refractivity contribution is 7.18. The number of likely N-dealkylation sites (tertiary alicyclic amines) is 1. The van der Waals surface area contributed by atoms with Crippen molar-refractivity contribution in [2.45, 2.75) is 24.7 Å². The molecule has 3 aromatic rings. The molecule has 2 unspecified atom stereocenters. The second kappa shape index (κ2) is 7.34. The molecule has 9 nitrogen and oxygen atoms in total. The maximum atomic E-state index is 14.9. The second-order valence-corrected chi connectivity index (χ2v) is 9.20. The molecule has 5 rings (SSSR count). The molecule has 1 aliphatic carbocycles. The van der Waals surface area contributed by atoms with Gasteiger partial charge in [-0.2, -0.15) is 4.98 Å². The Balaban J connectivity index is 1.39. The van der Waals surface area contributed by atoms with E-state index in [0.717, 1.165) is 13.0 Å². The normalized spacial score (nSPS) is 25.3. The third-order valence-electron chi connectivity index (χ3n) is 6.32. The molecule has 1 aliphatic heterocycles. The summed E-state index contributed by atoms with van der Waals surface area (Å²) < 4.78 is 16.2. The third kappa shape index (κ3) is 3.28. The summed E-state index contributed by atoms with van der Waals surface area (Å²) in [6.45, 7) is 0.888. The first kappa shape index (κ1) is 20.0. The van der Waals surface area contributed by atoms with Gasteiger partial charge in [-0.3, -0.25) is 4.57 Å². The predicted molar refractivity (Wildman–Crippen MR) is 115 cm³/mol. The molecule has 0 radical (unpaired) electrons. The van der Waals surface area contributed by atoms with Crippen molar-refractivity contribution < 1.29 is 9.50 Å². The highest BCUT2D eigenvalue weighted by Gasteiger charge is 2.53. The molecular formula is C20H22FN7O2S. The van der Waals surface area contributed by atoms with E-state index >= 15 is 0 Å². The fourth-order valence-corrected chi connectivity index (χ4v) is 5.57. The van der Waals surface area contributed by atoms with Gasteiger partial charge in [0.25, 0.3) is 0 Å². The number of rotatable bonds is 4. The molecule has 1 saturated carbocycles. The smallest absolute Gasteiger partial charge is 0.350 e. The van der Waals surface area contributed by atoms with Crippen molar-refractivity contribution in [3.63, 3.8) is 0 Å². The van der Waals surface area contributed by atoms with Gasteiger partial charge in [-0.15, -0.1) is 10.2 Å². The van der Waals surface area contributed by atoms with E-state index in [-0.39, 0.29) is 29.6 Å². The van der Waals surface area contributed by atoms with Crippen LogP contribution in [0.3, 0.4) is 0 Å². The van der Waals surface area contributed by atoms with Crippen molar-refractivity contribution in [2.24, 2.45) is 13.0 Å². The average molecular weight is 444 g/mol. The Kier molecular flexibility index (Phi) is 4.74. The fourth-order valence-electron chi connectivity index (χ4n) is 4.68. The second-order valence-electron chi connectivity index (χ2n) is 8.24. The van der Waals surface area contributed by atoms with Gasteiger partial charge in [-0.25, -0.2) is 14.2 Å². The summed E-state index contributed by atoms with van der Waals surface area (Å²) in [5, 5.41) is 20.2. The van der Waals surface area contributed by atoms with Gasteiger partial charge in [0.05, 0.1) is 11.6 Å². The van der Waals surface area contributed by atoms with Crippen LogP contribution in [0.2, 0.25) is 0 Å². The molecule has 162 valence electrons. The van der Waals surface area contributed by atoms with Gasteiger partial charge in [0.1, 0.15) is 18.2 Å². The molecule has 2 fully saturated rings. The molecule has 31 heavy (non-hydrogen) atoms. The molecule has 0 spiro atoms. The number of benzene rings is 1. The van der Waals surface area contributed by atoms with Gasteiger partial charge < -0.3 is 14.9 Å². The van der Waals surface area contributed by atoms with E-state index in [0.29, 0.717) is 21.3 Å². The fraction of sp³-hybridized carbons (Fsp3) is 0.450. The minimum absolute atomic E-state index is 0.0166. The van der Waals surface area contributed by atoms with Crippen molar-refractivity contribution in [2.75, 3.05) is 25.5 Å². The first-order chi connectivity index (χ1) is 14.8. The van der Waals surface area contributed by atoms with Gasteiger partial charge in [-0.05, 0) is 31.5 Å². The number of nitrogens with zero attached hydrogens (tertiary/aromatic N) is 7. The minimum atomic E-state index is -0.924. The van der Waals surface area contributed by atoms with Crippen LogP contribution in [0.4, 0.5) is 9.52 Å². The van der Waals surface area contributed by atoms with E-state index in [1.807, 2.05) is 19.0 Å². The molecule has 3 heterocycles. The quantitative estimate of drug-likeness (QED) is 0.648. The van der Waals surface area contributed by atoms with Crippen molar-refractivity contribution in [3.8, 4) is 27.7 Å². The van der Waals surface area contributed by atoms with Crippen molar-refractivity contribution >= 4 is 16.5 Å². The van der Waals surface area contributed by atoms with Crippen LogP contribution >= 0.6 is 11.3 Å². The van der Waals surface area contributed by atoms with Crippen LogP contribution < -0.4 is 10.6 Å². The largest absolute Gasteiger partial charge is 0.507 e. The highest BCUT2D eigenvalue weighted by Crippen LogP contribution is 2.44. The topological polar surface area (TPSA) is 100 Å². The van der Waals surface area contributed by atoms with Crippen LogP contribution in [0.25, 0.3) is 22.0 Å². The van der Waals surface area contributed by atoms with Gasteiger partial charge in [0.15, 0.2) is 10.8 Å². The number of aromatic nitrogens is 5. The summed E-state index contributed by atoms with van der Waals surface area (Å²) in [4.78, 5) is 23.8. The van der Waals surface area contributed by atoms with Gasteiger partial charge >= 0.3 is 5.69 Å². The summed E-state index contributed by atoms with van der Waals surface area (Å²) in [7, 11) is 5.40. The average Bonchev–Trinajstić information content (AvgIpc) is 3.44. The van der Waals surface area contributed by atoms with Gasteiger partial charge in [0, 0.05) is 32.2 Å². The van der Waals surface area contributed by atoms with Crippen molar-refractivity contribution in [1.82, 2.24) is 29.6 Å². The molecule has 1 N–H and O–H groups in total. The van der Waals surface area contributed by atoms with Gasteiger partial charge in [0.2, 0.25) is 5.13 Å². The molecule has 4 atom stereocenters. The predicted octanol–water partition coefficient (Wildman–Crippen LogP) is 1.54. The highest BCUT2D eigenvalue weighted by atomic mass is 32.1. The summed E-state index contributed by atoms with van der Waals surface area (Å²) in [5.41, 5.74) is 0.602.